The van der Waals surface area contributed by atoms with Crippen LogP contribution >= 0.6 is 23.5 Å². The molecule has 2 rings (SSSR count). The van der Waals surface area contributed by atoms with Gasteiger partial charge < -0.3 is 15.1 Å². The number of thioether (sulfide) groups is 2. The van der Waals surface area contributed by atoms with Gasteiger partial charge in [0.05, 0.1) is 5.92 Å². The van der Waals surface area contributed by atoms with E-state index in [9.17, 15) is 29.4 Å². The summed E-state index contributed by atoms with van der Waals surface area (Å²) in [6, 6.07) is 3.63. The predicted octanol–water partition coefficient (Wildman–Crippen LogP) is 1.91. The molecule has 2 N–H and O–H groups in total. The van der Waals surface area contributed by atoms with Gasteiger partial charge >= 0.3 is 5.97 Å². The Morgan fingerprint density at radius 1 is 1.11 bits per heavy atom. The topological polar surface area (TPSA) is 112 Å². The third-order valence-electron chi connectivity index (χ3n) is 4.21. The molecule has 146 valence electrons. The van der Waals surface area contributed by atoms with E-state index < -0.39 is 17.9 Å². The van der Waals surface area contributed by atoms with Crippen molar-refractivity contribution in [3.63, 3.8) is 0 Å². The van der Waals surface area contributed by atoms with Crippen LogP contribution in [0.2, 0.25) is 0 Å². The Morgan fingerprint density at radius 2 is 1.70 bits per heavy atom. The second kappa shape index (κ2) is 9.27. The van der Waals surface area contributed by atoms with E-state index in [1.54, 1.807) is 6.07 Å². The Bertz CT molecular complexity index is 748. The summed E-state index contributed by atoms with van der Waals surface area (Å²) in [7, 11) is 0. The number of carbonyl (C=O) groups is 4. The van der Waals surface area contributed by atoms with Crippen molar-refractivity contribution in [1.29, 1.82) is 0 Å². The van der Waals surface area contributed by atoms with Gasteiger partial charge in [-0.05, 0) is 23.3 Å². The number of benzene rings is 1. The largest absolute Gasteiger partial charge is 0.508 e. The molecule has 1 aromatic rings. The van der Waals surface area contributed by atoms with Crippen LogP contribution in [0.1, 0.15) is 25.0 Å². The van der Waals surface area contributed by atoms with E-state index in [-0.39, 0.29) is 46.4 Å². The molecule has 7 nitrogen and oxygen atoms in total. The van der Waals surface area contributed by atoms with E-state index in [2.05, 4.69) is 0 Å². The highest BCUT2D eigenvalue weighted by atomic mass is 32.2. The molecule has 27 heavy (non-hydrogen) atoms. The van der Waals surface area contributed by atoms with Gasteiger partial charge in [0.1, 0.15) is 11.8 Å². The molecule has 0 radical (unpaired) electrons. The summed E-state index contributed by atoms with van der Waals surface area (Å²) < 4.78 is 0. The van der Waals surface area contributed by atoms with Gasteiger partial charge in [-0.25, -0.2) is 4.79 Å². The van der Waals surface area contributed by atoms with E-state index in [1.807, 2.05) is 0 Å². The van der Waals surface area contributed by atoms with Crippen molar-refractivity contribution in [2.75, 3.05) is 11.5 Å². The molecule has 1 atom stereocenters. The average Bonchev–Trinajstić information content (AvgIpc) is 2.59. The van der Waals surface area contributed by atoms with Gasteiger partial charge in [-0.15, -0.1) is 0 Å². The first-order chi connectivity index (χ1) is 12.7. The maximum atomic E-state index is 13.1. The number of carboxylic acid groups (broad SMARTS) is 1. The number of amides is 1. The van der Waals surface area contributed by atoms with Gasteiger partial charge in [0.25, 0.3) is 0 Å². The third-order valence-corrected chi connectivity index (χ3v) is 6.16. The highest BCUT2D eigenvalue weighted by Crippen LogP contribution is 2.29. The summed E-state index contributed by atoms with van der Waals surface area (Å²) >= 11 is 1.98. The number of hydrogen-bond donors (Lipinski definition) is 2. The van der Waals surface area contributed by atoms with Crippen molar-refractivity contribution in [1.82, 2.24) is 4.90 Å². The van der Waals surface area contributed by atoms with Gasteiger partial charge in [-0.2, -0.15) is 0 Å². The normalized spacial score (nSPS) is 16.1. The summed E-state index contributed by atoms with van der Waals surface area (Å²) in [5.41, 5.74) is 1.47. The molecule has 1 amide bonds. The lowest BCUT2D eigenvalue weighted by Gasteiger charge is -2.36. The van der Waals surface area contributed by atoms with Gasteiger partial charge in [0, 0.05) is 38.3 Å². The predicted molar refractivity (Wildman–Crippen MR) is 104 cm³/mol. The van der Waals surface area contributed by atoms with Crippen LogP contribution in [0.4, 0.5) is 0 Å². The number of carboxylic acids is 1. The number of phenolic OH excluding ortho intramolecular Hbond substituents is 1. The number of rotatable bonds is 6. The van der Waals surface area contributed by atoms with Gasteiger partial charge in [-0.1, -0.05) is 29.6 Å². The second-order valence-electron chi connectivity index (χ2n) is 6.28. The summed E-state index contributed by atoms with van der Waals surface area (Å²) in [6.45, 7) is 2.90. The van der Waals surface area contributed by atoms with Crippen molar-refractivity contribution < 1.29 is 29.4 Å². The number of aliphatic carboxylic acids is 1. The number of fused-ring (bicyclic) bond motifs is 1. The smallest absolute Gasteiger partial charge is 0.326 e. The van der Waals surface area contributed by atoms with E-state index in [1.165, 1.54) is 30.9 Å². The number of nitrogens with zero attached hydrogens (tertiary/aromatic N) is 1. The van der Waals surface area contributed by atoms with E-state index in [0.717, 1.165) is 29.1 Å². The first-order valence-electron chi connectivity index (χ1n) is 8.29. The zero-order valence-electron chi connectivity index (χ0n) is 15.0. The van der Waals surface area contributed by atoms with Gasteiger partial charge in [0.2, 0.25) is 5.91 Å². The maximum Gasteiger partial charge on any atom is 0.326 e. The molecule has 0 saturated carbocycles. The first-order valence-corrected chi connectivity index (χ1v) is 10.3. The first kappa shape index (κ1) is 21.3. The molecule has 0 fully saturated rings. The molecular weight excluding hydrogens is 390 g/mol. The lowest BCUT2D eigenvalue weighted by molar-refractivity contribution is -0.152. The minimum atomic E-state index is -1.13. The minimum Gasteiger partial charge on any atom is -0.508 e. The highest BCUT2D eigenvalue weighted by Gasteiger charge is 2.37. The molecule has 0 saturated heterocycles. The molecule has 9 heteroatoms. The summed E-state index contributed by atoms with van der Waals surface area (Å²) in [5.74, 6) is -1.72. The quantitative estimate of drug-likeness (QED) is 0.730. The molecule has 0 bridgehead atoms. The SMILES string of the molecule is CC(=O)SCC(CSC(C)=O)C(=O)N1Cc2ccc(O)cc2CC1C(=O)O. The van der Waals surface area contributed by atoms with Crippen LogP contribution in [0.5, 0.6) is 5.75 Å². The molecule has 0 aliphatic carbocycles. The lowest BCUT2D eigenvalue weighted by atomic mass is 9.92. The number of carbonyl (C=O) groups excluding carboxylic acids is 3. The Balaban J connectivity index is 2.27. The second-order valence-corrected chi connectivity index (χ2v) is 8.67. The standard InChI is InChI=1S/C18H21NO6S2/c1-10(20)26-8-14(9-27-11(2)21)17(23)19-7-12-3-4-15(22)5-13(12)6-16(19)18(24)25/h3-5,14,16,22H,6-9H2,1-2H3,(H,24,25). The number of hydrogen-bond acceptors (Lipinski definition) is 7. The summed E-state index contributed by atoms with van der Waals surface area (Å²) in [5, 5.41) is 18.9. The maximum absolute atomic E-state index is 13.1. The van der Waals surface area contributed by atoms with Gasteiger partial charge in [-0.3, -0.25) is 14.4 Å². The average molecular weight is 412 g/mol. The van der Waals surface area contributed by atoms with Crippen molar-refractivity contribution in [2.24, 2.45) is 5.92 Å². The molecule has 0 aromatic heterocycles. The summed E-state index contributed by atoms with van der Waals surface area (Å²) in [6.07, 6.45) is 0.0945. The molecule has 1 aromatic carbocycles. The molecule has 1 unspecified atom stereocenters. The van der Waals surface area contributed by atoms with Crippen LogP contribution < -0.4 is 0 Å². The number of aromatic hydroxyl groups is 1. The van der Waals surface area contributed by atoms with Crippen LogP contribution in [-0.4, -0.2) is 54.8 Å². The summed E-state index contributed by atoms with van der Waals surface area (Å²) in [4.78, 5) is 48.7. The van der Waals surface area contributed by atoms with Crippen molar-refractivity contribution >= 4 is 45.6 Å². The fraction of sp³-hybridized carbons (Fsp3) is 0.444. The zero-order valence-corrected chi connectivity index (χ0v) is 16.6. The molecule has 1 aliphatic heterocycles. The van der Waals surface area contributed by atoms with Gasteiger partial charge in [0.15, 0.2) is 10.2 Å². The van der Waals surface area contributed by atoms with Crippen LogP contribution in [0.25, 0.3) is 0 Å². The molecular formula is C18H21NO6S2. The Kier molecular flexibility index (Phi) is 7.32. The fourth-order valence-corrected chi connectivity index (χ4v) is 4.42. The monoisotopic (exact) mass is 411 g/mol. The Morgan fingerprint density at radius 3 is 2.22 bits per heavy atom. The van der Waals surface area contributed by atoms with Crippen LogP contribution in [0.15, 0.2) is 18.2 Å². The lowest BCUT2D eigenvalue weighted by Crippen LogP contribution is -2.51. The molecule has 1 heterocycles. The van der Waals surface area contributed by atoms with Crippen molar-refractivity contribution in [2.45, 2.75) is 32.9 Å². The van der Waals surface area contributed by atoms with Crippen LogP contribution in [0, 0.1) is 5.92 Å². The third kappa shape index (κ3) is 5.74. The van der Waals surface area contributed by atoms with E-state index >= 15 is 0 Å². The van der Waals surface area contributed by atoms with Crippen molar-refractivity contribution in [3.05, 3.63) is 29.3 Å². The highest BCUT2D eigenvalue weighted by molar-refractivity contribution is 8.14. The zero-order chi connectivity index (χ0) is 20.1. The van der Waals surface area contributed by atoms with Crippen molar-refractivity contribution in [3.8, 4) is 5.75 Å². The molecule has 0 spiro atoms. The Hall–Kier alpha value is -2.00. The fourth-order valence-electron chi connectivity index (χ4n) is 2.88. The number of phenols is 1. The minimum absolute atomic E-state index is 0.0475. The van der Waals surface area contributed by atoms with Crippen LogP contribution in [0.3, 0.4) is 0 Å². The molecule has 1 aliphatic rings. The van der Waals surface area contributed by atoms with E-state index in [4.69, 9.17) is 0 Å². The van der Waals surface area contributed by atoms with E-state index in [0.29, 0.717) is 5.56 Å². The Labute approximate surface area is 165 Å². The van der Waals surface area contributed by atoms with Crippen LogP contribution in [-0.2, 0) is 32.1 Å².